The van der Waals surface area contributed by atoms with Crippen molar-refractivity contribution in [3.05, 3.63) is 66.5 Å². The van der Waals surface area contributed by atoms with Crippen molar-refractivity contribution in [1.29, 1.82) is 0 Å². The van der Waals surface area contributed by atoms with Gasteiger partial charge in [-0.05, 0) is 30.0 Å². The van der Waals surface area contributed by atoms with Crippen LogP contribution in [-0.4, -0.2) is 27.6 Å². The van der Waals surface area contributed by atoms with Crippen LogP contribution in [-0.2, 0) is 4.79 Å². The lowest BCUT2D eigenvalue weighted by atomic mass is 9.89. The first-order valence-electron chi connectivity index (χ1n) is 8.12. The second kappa shape index (κ2) is 6.28. The molecule has 1 atom stereocenters. The van der Waals surface area contributed by atoms with Crippen molar-refractivity contribution in [3.63, 3.8) is 0 Å². The third kappa shape index (κ3) is 2.80. The monoisotopic (exact) mass is 318 g/mol. The van der Waals surface area contributed by atoms with Gasteiger partial charge in [-0.25, -0.2) is 0 Å². The van der Waals surface area contributed by atoms with E-state index in [-0.39, 0.29) is 5.91 Å². The summed E-state index contributed by atoms with van der Waals surface area (Å²) < 4.78 is 0. The standard InChI is InChI=1S/C19H18N4O/c24-19-12-16(14-4-2-1-3-5-14)8-11-23(19)18-13-17(21-22-18)15-6-9-20-10-7-15/h1-7,9-10,13,16H,8,11-12H2,(H,21,22). The van der Waals surface area contributed by atoms with Crippen LogP contribution in [0.2, 0.25) is 0 Å². The fourth-order valence-electron chi connectivity index (χ4n) is 3.22. The van der Waals surface area contributed by atoms with Crippen LogP contribution < -0.4 is 4.90 Å². The molecule has 0 aliphatic carbocycles. The summed E-state index contributed by atoms with van der Waals surface area (Å²) in [5, 5.41) is 7.32. The molecule has 3 heterocycles. The number of piperidine rings is 1. The van der Waals surface area contributed by atoms with Crippen LogP contribution in [0, 0.1) is 0 Å². The maximum absolute atomic E-state index is 12.6. The zero-order valence-corrected chi connectivity index (χ0v) is 13.2. The van der Waals surface area contributed by atoms with Gasteiger partial charge in [0, 0.05) is 37.0 Å². The Kier molecular flexibility index (Phi) is 3.83. The smallest absolute Gasteiger partial charge is 0.228 e. The minimum atomic E-state index is 0.139. The fourth-order valence-corrected chi connectivity index (χ4v) is 3.22. The average Bonchev–Trinajstić information content (AvgIpc) is 3.13. The summed E-state index contributed by atoms with van der Waals surface area (Å²) in [6.07, 6.45) is 4.97. The molecule has 2 aromatic heterocycles. The van der Waals surface area contributed by atoms with Crippen LogP contribution >= 0.6 is 0 Å². The fraction of sp³-hybridized carbons (Fsp3) is 0.211. The Balaban J connectivity index is 1.51. The molecule has 0 bridgehead atoms. The van der Waals surface area contributed by atoms with E-state index in [0.29, 0.717) is 18.9 Å². The van der Waals surface area contributed by atoms with E-state index < -0.39 is 0 Å². The molecular weight excluding hydrogens is 300 g/mol. The van der Waals surface area contributed by atoms with Gasteiger partial charge in [-0.15, -0.1) is 0 Å². The van der Waals surface area contributed by atoms with Crippen LogP contribution in [0.1, 0.15) is 24.3 Å². The number of H-pyrrole nitrogens is 1. The van der Waals surface area contributed by atoms with Crippen LogP contribution in [0.4, 0.5) is 5.82 Å². The number of rotatable bonds is 3. The highest BCUT2D eigenvalue weighted by Crippen LogP contribution is 2.31. The van der Waals surface area contributed by atoms with Crippen molar-refractivity contribution >= 4 is 11.7 Å². The number of anilines is 1. The minimum Gasteiger partial charge on any atom is -0.297 e. The number of hydrogen-bond acceptors (Lipinski definition) is 3. The molecule has 0 radical (unpaired) electrons. The molecule has 1 N–H and O–H groups in total. The highest BCUT2D eigenvalue weighted by atomic mass is 16.2. The lowest BCUT2D eigenvalue weighted by Gasteiger charge is -2.30. The minimum absolute atomic E-state index is 0.139. The van der Waals surface area contributed by atoms with Gasteiger partial charge in [-0.2, -0.15) is 5.10 Å². The topological polar surface area (TPSA) is 61.9 Å². The van der Waals surface area contributed by atoms with E-state index in [1.807, 2.05) is 36.4 Å². The Morgan fingerprint density at radius 1 is 1.08 bits per heavy atom. The molecule has 1 amide bonds. The second-order valence-corrected chi connectivity index (χ2v) is 6.02. The molecule has 4 rings (SSSR count). The molecule has 1 unspecified atom stereocenters. The predicted octanol–water partition coefficient (Wildman–Crippen LogP) is 3.38. The highest BCUT2D eigenvalue weighted by molar-refractivity contribution is 5.94. The van der Waals surface area contributed by atoms with Crippen molar-refractivity contribution in [2.75, 3.05) is 11.4 Å². The first kappa shape index (κ1) is 14.6. The quantitative estimate of drug-likeness (QED) is 0.805. The number of aromatic nitrogens is 3. The van der Waals surface area contributed by atoms with Gasteiger partial charge in [0.05, 0.1) is 5.69 Å². The Labute approximate surface area is 140 Å². The molecule has 24 heavy (non-hydrogen) atoms. The summed E-state index contributed by atoms with van der Waals surface area (Å²) in [6, 6.07) is 16.0. The summed E-state index contributed by atoms with van der Waals surface area (Å²) >= 11 is 0. The summed E-state index contributed by atoms with van der Waals surface area (Å²) in [5.74, 6) is 1.20. The molecule has 0 spiro atoms. The van der Waals surface area contributed by atoms with Crippen LogP contribution in [0.5, 0.6) is 0 Å². The molecule has 1 saturated heterocycles. The Morgan fingerprint density at radius 2 is 1.88 bits per heavy atom. The van der Waals surface area contributed by atoms with Gasteiger partial charge in [-0.1, -0.05) is 30.3 Å². The van der Waals surface area contributed by atoms with Gasteiger partial charge in [0.2, 0.25) is 5.91 Å². The van der Waals surface area contributed by atoms with Gasteiger partial charge in [-0.3, -0.25) is 19.8 Å². The molecule has 5 nitrogen and oxygen atoms in total. The van der Waals surface area contributed by atoms with Gasteiger partial charge < -0.3 is 0 Å². The van der Waals surface area contributed by atoms with Crippen molar-refractivity contribution in [1.82, 2.24) is 15.2 Å². The summed E-state index contributed by atoms with van der Waals surface area (Å²) in [7, 11) is 0. The number of carbonyl (C=O) groups excluding carboxylic acids is 1. The number of aromatic amines is 1. The largest absolute Gasteiger partial charge is 0.297 e. The molecule has 3 aromatic rings. The number of benzene rings is 1. The first-order chi connectivity index (χ1) is 11.8. The Hall–Kier alpha value is -2.95. The summed E-state index contributed by atoms with van der Waals surface area (Å²) in [5.41, 5.74) is 3.05. The number of nitrogens with zero attached hydrogens (tertiary/aromatic N) is 3. The van der Waals surface area contributed by atoms with Gasteiger partial charge in [0.1, 0.15) is 5.82 Å². The number of amides is 1. The number of carbonyl (C=O) groups is 1. The van der Waals surface area contributed by atoms with E-state index >= 15 is 0 Å². The molecule has 5 heteroatoms. The average molecular weight is 318 g/mol. The molecule has 1 aliphatic rings. The van der Waals surface area contributed by atoms with Crippen molar-refractivity contribution in [2.45, 2.75) is 18.8 Å². The van der Waals surface area contributed by atoms with E-state index in [2.05, 4.69) is 27.3 Å². The van der Waals surface area contributed by atoms with Crippen molar-refractivity contribution in [3.8, 4) is 11.3 Å². The van der Waals surface area contributed by atoms with Gasteiger partial charge in [0.15, 0.2) is 0 Å². The van der Waals surface area contributed by atoms with Crippen molar-refractivity contribution in [2.24, 2.45) is 0 Å². The Morgan fingerprint density at radius 3 is 2.62 bits per heavy atom. The van der Waals surface area contributed by atoms with Gasteiger partial charge in [0.25, 0.3) is 0 Å². The summed E-state index contributed by atoms with van der Waals surface area (Å²) in [6.45, 7) is 0.705. The molecule has 1 fully saturated rings. The second-order valence-electron chi connectivity index (χ2n) is 6.02. The zero-order chi connectivity index (χ0) is 16.4. The third-order valence-corrected chi connectivity index (χ3v) is 4.53. The number of nitrogens with one attached hydrogen (secondary N) is 1. The SMILES string of the molecule is O=C1CC(c2ccccc2)CCN1c1cc(-c2ccncc2)n[nH]1. The molecule has 1 aromatic carbocycles. The number of hydrogen-bond donors (Lipinski definition) is 1. The summed E-state index contributed by atoms with van der Waals surface area (Å²) in [4.78, 5) is 18.4. The first-order valence-corrected chi connectivity index (χ1v) is 8.12. The lowest BCUT2D eigenvalue weighted by Crippen LogP contribution is -2.38. The maximum atomic E-state index is 12.6. The predicted molar refractivity (Wildman–Crippen MR) is 92.6 cm³/mol. The van der Waals surface area contributed by atoms with E-state index in [9.17, 15) is 4.79 Å². The Bertz CT molecular complexity index is 829. The molecule has 120 valence electrons. The van der Waals surface area contributed by atoms with E-state index in [1.165, 1.54) is 5.56 Å². The van der Waals surface area contributed by atoms with Crippen LogP contribution in [0.3, 0.4) is 0 Å². The highest BCUT2D eigenvalue weighted by Gasteiger charge is 2.28. The van der Waals surface area contributed by atoms with Crippen molar-refractivity contribution < 1.29 is 4.79 Å². The van der Waals surface area contributed by atoms with Crippen LogP contribution in [0.15, 0.2) is 60.9 Å². The molecule has 1 aliphatic heterocycles. The van der Waals surface area contributed by atoms with E-state index in [1.54, 1.807) is 17.3 Å². The maximum Gasteiger partial charge on any atom is 0.228 e. The van der Waals surface area contributed by atoms with E-state index in [4.69, 9.17) is 0 Å². The molecule has 0 saturated carbocycles. The van der Waals surface area contributed by atoms with Crippen LogP contribution in [0.25, 0.3) is 11.3 Å². The molecular formula is C19H18N4O. The van der Waals surface area contributed by atoms with E-state index in [0.717, 1.165) is 23.5 Å². The van der Waals surface area contributed by atoms with Gasteiger partial charge >= 0.3 is 0 Å². The zero-order valence-electron chi connectivity index (χ0n) is 13.2. The third-order valence-electron chi connectivity index (χ3n) is 4.53. The lowest BCUT2D eigenvalue weighted by molar-refractivity contribution is -0.120. The number of pyridine rings is 1. The normalized spacial score (nSPS) is 17.9.